The lowest BCUT2D eigenvalue weighted by Crippen LogP contribution is -2.13. The second kappa shape index (κ2) is 5.55. The van der Waals surface area contributed by atoms with Gasteiger partial charge in [-0.25, -0.2) is 9.37 Å². The molecule has 1 aromatic carbocycles. The van der Waals surface area contributed by atoms with Gasteiger partial charge in [-0.1, -0.05) is 0 Å². The molecule has 3 heterocycles. The highest BCUT2D eigenvalue weighted by atomic mass is 19.1. The molecule has 0 aliphatic rings. The summed E-state index contributed by atoms with van der Waals surface area (Å²) < 4.78 is 16.6. The Kier molecular flexibility index (Phi) is 3.35. The van der Waals surface area contributed by atoms with Gasteiger partial charge in [0, 0.05) is 36.1 Å². The zero-order valence-corrected chi connectivity index (χ0v) is 13.3. The number of aryl methyl sites for hydroxylation is 1. The van der Waals surface area contributed by atoms with Crippen LogP contribution in [-0.2, 0) is 7.05 Å². The summed E-state index contributed by atoms with van der Waals surface area (Å²) in [4.78, 5) is 15.7. The van der Waals surface area contributed by atoms with Crippen LogP contribution in [0.2, 0.25) is 0 Å². The van der Waals surface area contributed by atoms with Crippen molar-refractivity contribution in [2.75, 3.05) is 0 Å². The lowest BCUT2D eigenvalue weighted by molar-refractivity contribution is 0.0995. The van der Waals surface area contributed by atoms with E-state index >= 15 is 0 Å². The highest BCUT2D eigenvalue weighted by Crippen LogP contribution is 2.31. The van der Waals surface area contributed by atoms with Gasteiger partial charge in [-0.3, -0.25) is 13.9 Å². The van der Waals surface area contributed by atoms with Crippen LogP contribution in [-0.4, -0.2) is 25.1 Å². The minimum Gasteiger partial charge on any atom is -0.364 e. The molecule has 7 heteroatoms. The highest BCUT2D eigenvalue weighted by molar-refractivity contribution is 5.92. The third kappa shape index (κ3) is 2.55. The molecule has 1 amide bonds. The molecule has 3 aromatic heterocycles. The summed E-state index contributed by atoms with van der Waals surface area (Å²) in [7, 11) is 1.82. The van der Waals surface area contributed by atoms with Gasteiger partial charge < -0.3 is 5.73 Å². The predicted octanol–water partition coefficient (Wildman–Crippen LogP) is 2.64. The first kappa shape index (κ1) is 15.1. The zero-order valence-electron chi connectivity index (χ0n) is 13.3. The Bertz CT molecular complexity index is 1090. The molecule has 124 valence electrons. The molecule has 25 heavy (non-hydrogen) atoms. The van der Waals surface area contributed by atoms with Crippen LogP contribution < -0.4 is 5.73 Å². The SMILES string of the molecule is Cn1cc(-c2ccc3ncc(C(N)=O)n3c2)c(-c2ccc(F)cc2)n1. The molecule has 0 atom stereocenters. The molecule has 0 aliphatic carbocycles. The molecule has 4 aromatic rings. The number of carbonyl (C=O) groups excluding carboxylic acids is 1. The number of hydrogen-bond acceptors (Lipinski definition) is 3. The minimum absolute atomic E-state index is 0.299. The van der Waals surface area contributed by atoms with E-state index in [-0.39, 0.29) is 5.82 Å². The van der Waals surface area contributed by atoms with Crippen LogP contribution in [0.15, 0.2) is 55.0 Å². The van der Waals surface area contributed by atoms with Crippen LogP contribution in [0, 0.1) is 5.82 Å². The third-order valence-corrected chi connectivity index (χ3v) is 4.02. The molecule has 0 aliphatic heterocycles. The van der Waals surface area contributed by atoms with E-state index in [1.807, 2.05) is 25.4 Å². The van der Waals surface area contributed by atoms with Gasteiger partial charge >= 0.3 is 0 Å². The van der Waals surface area contributed by atoms with Crippen molar-refractivity contribution < 1.29 is 9.18 Å². The van der Waals surface area contributed by atoms with Gasteiger partial charge in [0.1, 0.15) is 22.9 Å². The molecule has 0 saturated heterocycles. The van der Waals surface area contributed by atoms with Crippen molar-refractivity contribution >= 4 is 11.6 Å². The number of benzene rings is 1. The number of amides is 1. The maximum absolute atomic E-state index is 13.2. The van der Waals surface area contributed by atoms with Crippen molar-refractivity contribution in [3.63, 3.8) is 0 Å². The Balaban J connectivity index is 1.90. The largest absolute Gasteiger partial charge is 0.364 e. The van der Waals surface area contributed by atoms with Gasteiger partial charge in [-0.15, -0.1) is 0 Å². The average molecular weight is 335 g/mol. The van der Waals surface area contributed by atoms with Crippen LogP contribution in [0.5, 0.6) is 0 Å². The Morgan fingerprint density at radius 2 is 1.80 bits per heavy atom. The third-order valence-electron chi connectivity index (χ3n) is 4.02. The van der Waals surface area contributed by atoms with Gasteiger partial charge in [0.15, 0.2) is 0 Å². The summed E-state index contributed by atoms with van der Waals surface area (Å²) in [5.74, 6) is -0.846. The first-order valence-electron chi connectivity index (χ1n) is 7.60. The fourth-order valence-electron chi connectivity index (χ4n) is 2.84. The Hall–Kier alpha value is -3.48. The number of nitrogens with two attached hydrogens (primary N) is 1. The number of rotatable bonds is 3. The molecule has 0 unspecified atom stereocenters. The molecule has 2 N–H and O–H groups in total. The maximum Gasteiger partial charge on any atom is 0.267 e. The Labute approximate surface area is 142 Å². The minimum atomic E-state index is -0.547. The lowest BCUT2D eigenvalue weighted by Gasteiger charge is -2.05. The summed E-state index contributed by atoms with van der Waals surface area (Å²) in [6, 6.07) is 9.88. The normalized spacial score (nSPS) is 11.1. The van der Waals surface area contributed by atoms with Crippen LogP contribution in [0.25, 0.3) is 28.0 Å². The standard InChI is InChI=1S/C18H14FN5O/c1-23-10-14(17(22-23)11-2-5-13(19)6-3-11)12-4-7-16-21-8-15(18(20)25)24(16)9-12/h2-10H,1H3,(H2,20,25). The number of fused-ring (bicyclic) bond motifs is 1. The van der Waals surface area contributed by atoms with E-state index in [4.69, 9.17) is 5.73 Å². The summed E-state index contributed by atoms with van der Waals surface area (Å²) in [6.07, 6.45) is 5.12. The molecule has 0 bridgehead atoms. The maximum atomic E-state index is 13.2. The monoisotopic (exact) mass is 335 g/mol. The molecule has 0 radical (unpaired) electrons. The van der Waals surface area contributed by atoms with Gasteiger partial charge in [0.2, 0.25) is 0 Å². The molecule has 0 spiro atoms. The summed E-state index contributed by atoms with van der Waals surface area (Å²) >= 11 is 0. The van der Waals surface area contributed by atoms with Crippen molar-refractivity contribution in [3.8, 4) is 22.4 Å². The van der Waals surface area contributed by atoms with Crippen LogP contribution in [0.1, 0.15) is 10.5 Å². The van der Waals surface area contributed by atoms with Crippen molar-refractivity contribution in [1.29, 1.82) is 0 Å². The predicted molar refractivity (Wildman–Crippen MR) is 91.3 cm³/mol. The van der Waals surface area contributed by atoms with Gasteiger partial charge in [-0.2, -0.15) is 5.10 Å². The summed E-state index contributed by atoms with van der Waals surface area (Å²) in [5.41, 5.74) is 9.58. The number of pyridine rings is 1. The van der Waals surface area contributed by atoms with Gasteiger partial charge in [0.05, 0.1) is 6.20 Å². The fraction of sp³-hybridized carbons (Fsp3) is 0.0556. The quantitative estimate of drug-likeness (QED) is 0.625. The molecule has 4 rings (SSSR count). The smallest absolute Gasteiger partial charge is 0.267 e. The first-order chi connectivity index (χ1) is 12.0. The molecular weight excluding hydrogens is 321 g/mol. The average Bonchev–Trinajstić information content (AvgIpc) is 3.18. The van der Waals surface area contributed by atoms with Crippen molar-refractivity contribution in [1.82, 2.24) is 19.2 Å². The number of carbonyl (C=O) groups is 1. The van der Waals surface area contributed by atoms with E-state index in [0.29, 0.717) is 11.3 Å². The van der Waals surface area contributed by atoms with Crippen LogP contribution in [0.4, 0.5) is 4.39 Å². The van der Waals surface area contributed by atoms with Gasteiger partial charge in [0.25, 0.3) is 5.91 Å². The van der Waals surface area contributed by atoms with Gasteiger partial charge in [-0.05, 0) is 36.4 Å². The van der Waals surface area contributed by atoms with E-state index in [1.165, 1.54) is 18.3 Å². The number of nitrogens with zero attached hydrogens (tertiary/aromatic N) is 4. The summed E-state index contributed by atoms with van der Waals surface area (Å²) in [5, 5.41) is 4.49. The molecule has 0 saturated carbocycles. The van der Waals surface area contributed by atoms with Crippen molar-refractivity contribution in [2.24, 2.45) is 12.8 Å². The molecular formula is C18H14FN5O. The second-order valence-electron chi connectivity index (χ2n) is 5.73. The Morgan fingerprint density at radius 3 is 2.52 bits per heavy atom. The van der Waals surface area contributed by atoms with E-state index in [0.717, 1.165) is 22.4 Å². The highest BCUT2D eigenvalue weighted by Gasteiger charge is 2.15. The van der Waals surface area contributed by atoms with E-state index in [9.17, 15) is 9.18 Å². The van der Waals surface area contributed by atoms with E-state index in [2.05, 4.69) is 10.1 Å². The molecule has 6 nitrogen and oxygen atoms in total. The molecule has 0 fully saturated rings. The lowest BCUT2D eigenvalue weighted by atomic mass is 10.0. The fourth-order valence-corrected chi connectivity index (χ4v) is 2.84. The van der Waals surface area contributed by atoms with E-state index < -0.39 is 5.91 Å². The van der Waals surface area contributed by atoms with Crippen molar-refractivity contribution in [3.05, 3.63) is 66.5 Å². The Morgan fingerprint density at radius 1 is 1.08 bits per heavy atom. The number of hydrogen-bond donors (Lipinski definition) is 1. The van der Waals surface area contributed by atoms with Crippen molar-refractivity contribution in [2.45, 2.75) is 0 Å². The van der Waals surface area contributed by atoms with E-state index in [1.54, 1.807) is 27.4 Å². The second-order valence-corrected chi connectivity index (χ2v) is 5.73. The number of halogens is 1. The van der Waals surface area contributed by atoms with Crippen LogP contribution in [0.3, 0.4) is 0 Å². The van der Waals surface area contributed by atoms with Crippen LogP contribution >= 0.6 is 0 Å². The number of aromatic nitrogens is 4. The first-order valence-corrected chi connectivity index (χ1v) is 7.60. The summed E-state index contributed by atoms with van der Waals surface area (Å²) in [6.45, 7) is 0. The topological polar surface area (TPSA) is 78.2 Å². The number of primary amides is 1. The zero-order chi connectivity index (χ0) is 17.6. The number of imidazole rings is 1.